The van der Waals surface area contributed by atoms with E-state index in [4.69, 9.17) is 4.74 Å². The van der Waals surface area contributed by atoms with Crippen molar-refractivity contribution in [3.63, 3.8) is 0 Å². The molecule has 0 saturated carbocycles. The Balaban J connectivity index is 1.99. The number of benzene rings is 1. The molecule has 2 nitrogen and oxygen atoms in total. The quantitative estimate of drug-likeness (QED) is 0.443. The van der Waals surface area contributed by atoms with E-state index in [1.165, 1.54) is 11.1 Å². The van der Waals surface area contributed by atoms with Crippen molar-refractivity contribution < 1.29 is 9.53 Å². The summed E-state index contributed by atoms with van der Waals surface area (Å²) in [7, 11) is 0. The highest BCUT2D eigenvalue weighted by molar-refractivity contribution is 5.89. The number of ether oxygens (including phenoxy) is 1. The third-order valence-corrected chi connectivity index (χ3v) is 3.00. The van der Waals surface area contributed by atoms with Gasteiger partial charge in [0.1, 0.15) is 0 Å². The van der Waals surface area contributed by atoms with Gasteiger partial charge in [-0.05, 0) is 43.4 Å². The molecule has 0 aliphatic heterocycles. The minimum Gasteiger partial charge on any atom is -0.431 e. The molecule has 1 unspecified atom stereocenters. The van der Waals surface area contributed by atoms with Gasteiger partial charge < -0.3 is 4.74 Å². The van der Waals surface area contributed by atoms with Crippen LogP contribution in [-0.4, -0.2) is 5.97 Å². The first-order valence-electron chi connectivity index (χ1n) is 6.26. The summed E-state index contributed by atoms with van der Waals surface area (Å²) >= 11 is 0. The van der Waals surface area contributed by atoms with Crippen LogP contribution in [0.1, 0.15) is 37.0 Å². The molecule has 0 amide bonds. The molecule has 0 radical (unpaired) electrons. The Bertz CT molecular complexity index is 483. The van der Waals surface area contributed by atoms with Gasteiger partial charge in [-0.3, -0.25) is 0 Å². The van der Waals surface area contributed by atoms with E-state index < -0.39 is 0 Å². The third kappa shape index (κ3) is 3.33. The Morgan fingerprint density at radius 2 is 2.06 bits per heavy atom. The molecule has 1 aromatic carbocycles. The zero-order valence-corrected chi connectivity index (χ0v) is 10.8. The molecule has 0 spiro atoms. The Kier molecular flexibility index (Phi) is 3.98. The largest absolute Gasteiger partial charge is 0.431 e. The van der Waals surface area contributed by atoms with Gasteiger partial charge in [0.15, 0.2) is 0 Å². The van der Waals surface area contributed by atoms with E-state index in [0.717, 1.165) is 12.8 Å². The van der Waals surface area contributed by atoms with Crippen molar-refractivity contribution >= 4 is 5.97 Å². The maximum atomic E-state index is 11.8. The molecule has 1 aromatic rings. The van der Waals surface area contributed by atoms with Gasteiger partial charge in [0.2, 0.25) is 0 Å². The van der Waals surface area contributed by atoms with Crippen LogP contribution in [0.5, 0.6) is 0 Å². The van der Waals surface area contributed by atoms with Crippen LogP contribution in [0.2, 0.25) is 0 Å². The van der Waals surface area contributed by atoms with E-state index >= 15 is 0 Å². The molecule has 0 aromatic heterocycles. The van der Waals surface area contributed by atoms with E-state index in [1.54, 1.807) is 18.4 Å². The number of esters is 1. The van der Waals surface area contributed by atoms with E-state index in [-0.39, 0.29) is 5.97 Å². The summed E-state index contributed by atoms with van der Waals surface area (Å²) in [5.74, 6) is 0.239. The molecule has 2 heteroatoms. The predicted octanol–water partition coefficient (Wildman–Crippen LogP) is 4.10. The van der Waals surface area contributed by atoms with Crippen LogP contribution in [0.15, 0.2) is 53.8 Å². The Hall–Kier alpha value is -1.83. The van der Waals surface area contributed by atoms with Crippen LogP contribution < -0.4 is 0 Å². The molecule has 94 valence electrons. The van der Waals surface area contributed by atoms with Gasteiger partial charge in [0.05, 0.1) is 11.8 Å². The normalized spacial score (nSPS) is 21.6. The lowest BCUT2D eigenvalue weighted by Crippen LogP contribution is -2.05. The van der Waals surface area contributed by atoms with Crippen molar-refractivity contribution in [1.29, 1.82) is 0 Å². The van der Waals surface area contributed by atoms with Crippen molar-refractivity contribution in [2.24, 2.45) is 5.92 Å². The van der Waals surface area contributed by atoms with Crippen LogP contribution in [-0.2, 0) is 4.74 Å². The first-order valence-corrected chi connectivity index (χ1v) is 6.26. The Morgan fingerprint density at radius 3 is 2.72 bits per heavy atom. The summed E-state index contributed by atoms with van der Waals surface area (Å²) in [6.07, 6.45) is 5.78. The Morgan fingerprint density at radius 1 is 1.33 bits per heavy atom. The molecule has 1 aliphatic rings. The van der Waals surface area contributed by atoms with Crippen molar-refractivity contribution in [3.05, 3.63) is 59.4 Å². The highest BCUT2D eigenvalue weighted by Gasteiger charge is 2.12. The highest BCUT2D eigenvalue weighted by Crippen LogP contribution is 2.27. The molecule has 0 fully saturated rings. The van der Waals surface area contributed by atoms with Crippen LogP contribution in [0, 0.1) is 5.92 Å². The van der Waals surface area contributed by atoms with Gasteiger partial charge in [0, 0.05) is 0 Å². The summed E-state index contributed by atoms with van der Waals surface area (Å²) in [4.78, 5) is 11.8. The number of carbonyl (C=O) groups is 1. The second-order valence-electron chi connectivity index (χ2n) is 4.92. The number of rotatable bonds is 2. The SMILES string of the molecule is CC1=CC(C)C/C(=C\OC(=O)c2ccccc2)C1. The molecule has 0 N–H and O–H groups in total. The highest BCUT2D eigenvalue weighted by atomic mass is 16.5. The average Bonchev–Trinajstić information content (AvgIpc) is 2.36. The fourth-order valence-corrected chi connectivity index (χ4v) is 2.32. The number of allylic oxidation sites excluding steroid dienone is 3. The second kappa shape index (κ2) is 5.67. The fraction of sp³-hybridized carbons (Fsp3) is 0.312. The fourth-order valence-electron chi connectivity index (χ4n) is 2.32. The molecule has 1 atom stereocenters. The van der Waals surface area contributed by atoms with Gasteiger partial charge in [-0.2, -0.15) is 0 Å². The molecular weight excluding hydrogens is 224 g/mol. The smallest absolute Gasteiger partial charge is 0.342 e. The van der Waals surface area contributed by atoms with Crippen molar-refractivity contribution in [3.8, 4) is 0 Å². The monoisotopic (exact) mass is 242 g/mol. The first kappa shape index (κ1) is 12.6. The molecule has 0 bridgehead atoms. The van der Waals surface area contributed by atoms with Crippen LogP contribution >= 0.6 is 0 Å². The number of hydrogen-bond donors (Lipinski definition) is 0. The first-order chi connectivity index (χ1) is 8.65. The lowest BCUT2D eigenvalue weighted by molar-refractivity contribution is 0.0659. The maximum Gasteiger partial charge on any atom is 0.342 e. The van der Waals surface area contributed by atoms with Crippen molar-refractivity contribution in [1.82, 2.24) is 0 Å². The van der Waals surface area contributed by atoms with E-state index in [2.05, 4.69) is 19.9 Å². The van der Waals surface area contributed by atoms with Crippen molar-refractivity contribution in [2.45, 2.75) is 26.7 Å². The van der Waals surface area contributed by atoms with Crippen LogP contribution in [0.25, 0.3) is 0 Å². The number of hydrogen-bond acceptors (Lipinski definition) is 2. The summed E-state index contributed by atoms with van der Waals surface area (Å²) in [6, 6.07) is 9.07. The lowest BCUT2D eigenvalue weighted by Gasteiger charge is -2.18. The van der Waals surface area contributed by atoms with Gasteiger partial charge in [-0.25, -0.2) is 4.79 Å². The van der Waals surface area contributed by atoms with Crippen LogP contribution in [0.3, 0.4) is 0 Å². The summed E-state index contributed by atoms with van der Waals surface area (Å²) in [5, 5.41) is 0. The van der Waals surface area contributed by atoms with E-state index in [0.29, 0.717) is 11.5 Å². The molecule has 1 aliphatic carbocycles. The van der Waals surface area contributed by atoms with E-state index in [1.807, 2.05) is 18.2 Å². The predicted molar refractivity (Wildman–Crippen MR) is 72.1 cm³/mol. The van der Waals surface area contributed by atoms with Crippen molar-refractivity contribution in [2.75, 3.05) is 0 Å². The molecule has 2 rings (SSSR count). The number of carbonyl (C=O) groups excluding carboxylic acids is 1. The zero-order valence-electron chi connectivity index (χ0n) is 10.8. The summed E-state index contributed by atoms with van der Waals surface area (Å²) in [6.45, 7) is 4.29. The van der Waals surface area contributed by atoms with Gasteiger partial charge >= 0.3 is 5.97 Å². The maximum absolute atomic E-state index is 11.8. The standard InChI is InChI=1S/C16H18O2/c1-12-8-13(2)10-14(9-12)11-18-16(17)15-6-4-3-5-7-15/h3-8,11-12H,9-10H2,1-2H3/b14-11+. The second-order valence-corrected chi connectivity index (χ2v) is 4.92. The minimum atomic E-state index is -0.289. The lowest BCUT2D eigenvalue weighted by atomic mass is 9.89. The van der Waals surface area contributed by atoms with Gasteiger partial charge in [-0.1, -0.05) is 36.8 Å². The summed E-state index contributed by atoms with van der Waals surface area (Å²) in [5.41, 5.74) is 3.12. The van der Waals surface area contributed by atoms with Gasteiger partial charge in [-0.15, -0.1) is 0 Å². The van der Waals surface area contributed by atoms with E-state index in [9.17, 15) is 4.79 Å². The van der Waals surface area contributed by atoms with Gasteiger partial charge in [0.25, 0.3) is 0 Å². The minimum absolute atomic E-state index is 0.289. The van der Waals surface area contributed by atoms with Crippen LogP contribution in [0.4, 0.5) is 0 Å². The molecular formula is C16H18O2. The zero-order chi connectivity index (χ0) is 13.0. The Labute approximate surface area is 108 Å². The molecule has 0 saturated heterocycles. The summed E-state index contributed by atoms with van der Waals surface area (Å²) < 4.78 is 5.24. The molecule has 0 heterocycles. The third-order valence-electron chi connectivity index (χ3n) is 3.00. The molecule has 18 heavy (non-hydrogen) atoms. The average molecular weight is 242 g/mol. The topological polar surface area (TPSA) is 26.3 Å².